The van der Waals surface area contributed by atoms with Crippen molar-refractivity contribution in [1.82, 2.24) is 19.1 Å². The zero-order valence-electron chi connectivity index (χ0n) is 26.5. The Hall–Kier alpha value is -3.67. The normalized spacial score (nSPS) is 11.2. The molecular formula is C34H49ClN6O5. The molecule has 0 bridgehead atoms. The summed E-state index contributed by atoms with van der Waals surface area (Å²) in [4.78, 5) is 37.5. The number of Topliss-reactive ketones (excluding diaryl/α,β-unsaturated/α-hetero) is 1. The van der Waals surface area contributed by atoms with Crippen LogP contribution < -0.4 is 9.80 Å². The molecule has 2 N–H and O–H groups in total. The van der Waals surface area contributed by atoms with Crippen LogP contribution in [-0.4, -0.2) is 92.9 Å². The highest BCUT2D eigenvalue weighted by molar-refractivity contribution is 6.18. The molecule has 0 aliphatic heterocycles. The number of aryl methyl sites for hydroxylation is 4. The summed E-state index contributed by atoms with van der Waals surface area (Å²) in [6.45, 7) is 3.81. The summed E-state index contributed by atoms with van der Waals surface area (Å²) in [7, 11) is 3.95. The molecule has 4 rings (SSSR count). The number of ketones is 1. The number of hydrogen-bond acceptors (Lipinski definition) is 9. The van der Waals surface area contributed by atoms with Crippen LogP contribution in [0.2, 0.25) is 0 Å². The van der Waals surface area contributed by atoms with Crippen molar-refractivity contribution in [2.75, 3.05) is 61.7 Å². The van der Waals surface area contributed by atoms with E-state index in [0.29, 0.717) is 51.3 Å². The summed E-state index contributed by atoms with van der Waals surface area (Å²) in [5, 5.41) is 19.1. The number of alkyl halides is 1. The number of hydrogen-bond donors (Lipinski definition) is 2. The second-order valence-corrected chi connectivity index (χ2v) is 11.6. The van der Waals surface area contributed by atoms with E-state index in [1.165, 1.54) is 0 Å². The van der Waals surface area contributed by atoms with E-state index in [1.807, 2.05) is 64.9 Å². The van der Waals surface area contributed by atoms with Crippen LogP contribution in [0, 0.1) is 0 Å². The molecule has 46 heavy (non-hydrogen) atoms. The number of halogens is 1. The quantitative estimate of drug-likeness (QED) is 0.112. The van der Waals surface area contributed by atoms with Crippen LogP contribution in [-0.2, 0) is 41.3 Å². The number of nitrogens with zero attached hydrogens (tertiary/aromatic N) is 6. The number of aliphatic hydroxyl groups is 2. The third-order valence-corrected chi connectivity index (χ3v) is 8.24. The molecule has 4 aromatic rings. The monoisotopic (exact) mass is 656 g/mol. The van der Waals surface area contributed by atoms with Gasteiger partial charge in [-0.15, -0.1) is 11.6 Å². The predicted molar refractivity (Wildman–Crippen MR) is 185 cm³/mol. The van der Waals surface area contributed by atoms with Crippen molar-refractivity contribution >= 4 is 56.8 Å². The molecular weight excluding hydrogens is 608 g/mol. The molecule has 2 heterocycles. The maximum Gasteiger partial charge on any atom is 0.305 e. The fourth-order valence-electron chi connectivity index (χ4n) is 5.63. The summed E-state index contributed by atoms with van der Waals surface area (Å²) >= 11 is 5.94. The Morgan fingerprint density at radius 3 is 1.78 bits per heavy atom. The van der Waals surface area contributed by atoms with Gasteiger partial charge >= 0.3 is 5.97 Å². The number of rotatable bonds is 19. The van der Waals surface area contributed by atoms with Crippen LogP contribution in [0.25, 0.3) is 22.1 Å². The number of aromatic nitrogens is 4. The van der Waals surface area contributed by atoms with Crippen molar-refractivity contribution < 1.29 is 24.5 Å². The van der Waals surface area contributed by atoms with Gasteiger partial charge in [-0.25, -0.2) is 9.97 Å². The van der Waals surface area contributed by atoms with Gasteiger partial charge in [-0.3, -0.25) is 4.79 Å². The number of anilines is 2. The standard InChI is InChI=1S/C33H45ClN6O5.CH4/c1-24(43)6-4-7-31-35-28-23-26(11-13-30(28)37(31)2)40(17-20-42)18-21-45-33(44)9-5-8-32-36-27-22-25(10-12-29(27)38(32)3)39(15-14-34)16-19-41;/h10-13,22-23,41-42H,4-9,14-21H2,1-3H3;1H4. The number of carbonyl (C=O) groups excluding carboxylic acids is 2. The second-order valence-electron chi connectivity index (χ2n) is 11.3. The summed E-state index contributed by atoms with van der Waals surface area (Å²) in [5.74, 6) is 2.20. The zero-order valence-corrected chi connectivity index (χ0v) is 27.3. The van der Waals surface area contributed by atoms with Crippen LogP contribution >= 0.6 is 11.6 Å². The molecule has 0 fully saturated rings. The largest absolute Gasteiger partial charge is 0.464 e. The lowest BCUT2D eigenvalue weighted by atomic mass is 10.2. The van der Waals surface area contributed by atoms with Crippen LogP contribution in [0.4, 0.5) is 11.4 Å². The van der Waals surface area contributed by atoms with Crippen molar-refractivity contribution in [2.45, 2.75) is 52.9 Å². The van der Waals surface area contributed by atoms with Crippen LogP contribution in [0.5, 0.6) is 0 Å². The number of aliphatic hydroxyl groups excluding tert-OH is 2. The van der Waals surface area contributed by atoms with Gasteiger partial charge < -0.3 is 38.7 Å². The molecule has 0 radical (unpaired) electrons. The average molecular weight is 657 g/mol. The molecule has 0 saturated carbocycles. The van der Waals surface area contributed by atoms with Gasteiger partial charge in [0.05, 0.1) is 41.8 Å². The fourth-order valence-corrected chi connectivity index (χ4v) is 5.83. The van der Waals surface area contributed by atoms with Crippen LogP contribution in [0.3, 0.4) is 0 Å². The van der Waals surface area contributed by atoms with Gasteiger partial charge in [0.1, 0.15) is 24.0 Å². The Morgan fingerprint density at radius 2 is 1.30 bits per heavy atom. The molecule has 0 atom stereocenters. The highest BCUT2D eigenvalue weighted by atomic mass is 35.5. The van der Waals surface area contributed by atoms with E-state index in [2.05, 4.69) is 4.57 Å². The first-order chi connectivity index (χ1) is 21.7. The molecule has 2 aromatic carbocycles. The van der Waals surface area contributed by atoms with Gasteiger partial charge in [0.15, 0.2) is 0 Å². The Balaban J connectivity index is 0.00000576. The number of benzene rings is 2. The molecule has 0 aliphatic carbocycles. The van der Waals surface area contributed by atoms with E-state index in [4.69, 9.17) is 26.3 Å². The smallest absolute Gasteiger partial charge is 0.305 e. The van der Waals surface area contributed by atoms with E-state index in [0.717, 1.165) is 57.9 Å². The molecule has 12 heteroatoms. The average Bonchev–Trinajstić information content (AvgIpc) is 3.50. The SMILES string of the molecule is C.CC(=O)CCCc1nc2cc(N(CCO)CCOC(=O)CCCc3nc4cc(N(CCO)CCCl)ccc4n3C)ccc2n1C. The van der Waals surface area contributed by atoms with E-state index >= 15 is 0 Å². The number of ether oxygens (including phenoxy) is 1. The third-order valence-electron chi connectivity index (χ3n) is 8.07. The van der Waals surface area contributed by atoms with E-state index in [9.17, 15) is 19.8 Å². The van der Waals surface area contributed by atoms with Crippen LogP contribution in [0.1, 0.15) is 51.7 Å². The lowest BCUT2D eigenvalue weighted by Gasteiger charge is -2.23. The Bertz CT molecular complexity index is 1580. The fraction of sp³-hybridized carbons (Fsp3) is 0.529. The summed E-state index contributed by atoms with van der Waals surface area (Å²) in [6, 6.07) is 12.0. The van der Waals surface area contributed by atoms with E-state index in [-0.39, 0.29) is 45.4 Å². The summed E-state index contributed by atoms with van der Waals surface area (Å²) in [5.41, 5.74) is 5.58. The number of carbonyl (C=O) groups is 2. The molecule has 11 nitrogen and oxygen atoms in total. The van der Waals surface area contributed by atoms with Gasteiger partial charge in [0, 0.05) is 76.7 Å². The summed E-state index contributed by atoms with van der Waals surface area (Å²) in [6.07, 6.45) is 3.56. The van der Waals surface area contributed by atoms with E-state index < -0.39 is 0 Å². The first kappa shape index (κ1) is 36.8. The van der Waals surface area contributed by atoms with Crippen molar-refractivity contribution in [2.24, 2.45) is 14.1 Å². The minimum Gasteiger partial charge on any atom is -0.464 e. The summed E-state index contributed by atoms with van der Waals surface area (Å²) < 4.78 is 9.65. The number of esters is 1. The van der Waals surface area contributed by atoms with Gasteiger partial charge in [-0.1, -0.05) is 7.43 Å². The van der Waals surface area contributed by atoms with Gasteiger partial charge in [0.2, 0.25) is 0 Å². The minimum absolute atomic E-state index is 0. The molecule has 0 unspecified atom stereocenters. The van der Waals surface area contributed by atoms with Gasteiger partial charge in [-0.05, 0) is 56.2 Å². The predicted octanol–water partition coefficient (Wildman–Crippen LogP) is 4.41. The Labute approximate surface area is 276 Å². The maximum atomic E-state index is 12.6. The highest BCUT2D eigenvalue weighted by Crippen LogP contribution is 2.25. The van der Waals surface area contributed by atoms with Gasteiger partial charge in [0.25, 0.3) is 0 Å². The second kappa shape index (κ2) is 17.9. The molecule has 0 aliphatic rings. The van der Waals surface area contributed by atoms with Crippen LogP contribution in [0.15, 0.2) is 36.4 Å². The lowest BCUT2D eigenvalue weighted by Crippen LogP contribution is -2.31. The van der Waals surface area contributed by atoms with Gasteiger partial charge in [-0.2, -0.15) is 0 Å². The molecule has 2 aromatic heterocycles. The number of imidazole rings is 2. The molecule has 0 amide bonds. The Morgan fingerprint density at radius 1 is 0.804 bits per heavy atom. The minimum atomic E-state index is -0.268. The topological polar surface area (TPSA) is 126 Å². The van der Waals surface area contributed by atoms with Crippen molar-refractivity contribution in [3.63, 3.8) is 0 Å². The highest BCUT2D eigenvalue weighted by Gasteiger charge is 2.15. The first-order valence-electron chi connectivity index (χ1n) is 15.6. The van der Waals surface area contributed by atoms with Crippen molar-refractivity contribution in [3.05, 3.63) is 48.0 Å². The number of fused-ring (bicyclic) bond motifs is 2. The van der Waals surface area contributed by atoms with Crippen molar-refractivity contribution in [1.29, 1.82) is 0 Å². The third kappa shape index (κ3) is 9.43. The maximum absolute atomic E-state index is 12.6. The lowest BCUT2D eigenvalue weighted by molar-refractivity contribution is -0.143. The van der Waals surface area contributed by atoms with E-state index in [1.54, 1.807) is 6.92 Å². The molecule has 0 spiro atoms. The van der Waals surface area contributed by atoms with Crippen molar-refractivity contribution in [3.8, 4) is 0 Å². The molecule has 252 valence electrons. The zero-order chi connectivity index (χ0) is 32.3. The molecule has 0 saturated heterocycles. The first-order valence-corrected chi connectivity index (χ1v) is 16.1. The Kier molecular flexibility index (Phi) is 14.3.